The summed E-state index contributed by atoms with van der Waals surface area (Å²) in [6.45, 7) is 3.57. The highest BCUT2D eigenvalue weighted by Gasteiger charge is 2.35. The zero-order valence-electron chi connectivity index (χ0n) is 17.9. The maximum absolute atomic E-state index is 14.4. The number of nitrogens with one attached hydrogen (secondary N) is 1. The van der Waals surface area contributed by atoms with E-state index in [0.717, 1.165) is 10.6 Å². The minimum Gasteiger partial charge on any atom is -0.545 e. The average molecular weight is 497 g/mol. The summed E-state index contributed by atoms with van der Waals surface area (Å²) in [5.74, 6) is -3.51. The van der Waals surface area contributed by atoms with E-state index in [1.807, 2.05) is 0 Å². The van der Waals surface area contributed by atoms with Crippen molar-refractivity contribution in [1.29, 1.82) is 0 Å². The number of carbonyl (C=O) groups is 3. The number of aromatic carboxylic acids is 1. The lowest BCUT2D eigenvalue weighted by atomic mass is 10.1. The minimum atomic E-state index is -1.39. The van der Waals surface area contributed by atoms with Crippen molar-refractivity contribution in [3.05, 3.63) is 87.5 Å². The van der Waals surface area contributed by atoms with Gasteiger partial charge >= 0.3 is 0 Å². The van der Waals surface area contributed by atoms with Gasteiger partial charge in [-0.05, 0) is 74.1 Å². The van der Waals surface area contributed by atoms with E-state index in [1.54, 1.807) is 36.6 Å². The maximum Gasteiger partial charge on any atom is 0.270 e. The Hall–Kier alpha value is -3.82. The van der Waals surface area contributed by atoms with Gasteiger partial charge in [0.1, 0.15) is 11.4 Å². The molecule has 34 heavy (non-hydrogen) atoms. The summed E-state index contributed by atoms with van der Waals surface area (Å²) >= 11 is 11.2. The third-order valence-corrected chi connectivity index (χ3v) is 5.99. The molecule has 4 rings (SSSR count). The molecular formula is C24H16ClFN3O4S-. The van der Waals surface area contributed by atoms with Gasteiger partial charge in [0.2, 0.25) is 0 Å². The van der Waals surface area contributed by atoms with E-state index in [4.69, 9.17) is 23.8 Å². The summed E-state index contributed by atoms with van der Waals surface area (Å²) in [5.41, 5.74) is 2.11. The third-order valence-electron chi connectivity index (χ3n) is 5.40. The molecule has 1 N–H and O–H groups in total. The molecule has 0 unspecified atom stereocenters. The SMILES string of the molecule is Cc1cc(/C=C2\C(=O)NC(=S)N(c3ccccc3F)C2=O)c(C)n1-c1ccc(C(=O)[O-])c(Cl)c1. The highest BCUT2D eigenvalue weighted by Crippen LogP contribution is 2.28. The number of para-hydroxylation sites is 1. The smallest absolute Gasteiger partial charge is 0.270 e. The van der Waals surface area contributed by atoms with Gasteiger partial charge in [0, 0.05) is 22.6 Å². The number of halogens is 2. The fourth-order valence-electron chi connectivity index (χ4n) is 3.80. The van der Waals surface area contributed by atoms with E-state index < -0.39 is 23.6 Å². The molecule has 1 aliphatic rings. The van der Waals surface area contributed by atoms with Crippen molar-refractivity contribution in [1.82, 2.24) is 9.88 Å². The fourth-order valence-corrected chi connectivity index (χ4v) is 4.33. The summed E-state index contributed by atoms with van der Waals surface area (Å²) < 4.78 is 16.1. The highest BCUT2D eigenvalue weighted by atomic mass is 35.5. The fraction of sp³-hybridized carbons (Fsp3) is 0.0833. The molecule has 3 aromatic rings. The molecule has 0 aliphatic carbocycles. The maximum atomic E-state index is 14.4. The van der Waals surface area contributed by atoms with Crippen LogP contribution in [0.3, 0.4) is 0 Å². The second kappa shape index (κ2) is 8.85. The lowest BCUT2D eigenvalue weighted by molar-refractivity contribution is -0.255. The van der Waals surface area contributed by atoms with Crippen molar-refractivity contribution < 1.29 is 23.9 Å². The van der Waals surface area contributed by atoms with Gasteiger partial charge in [0.25, 0.3) is 11.8 Å². The van der Waals surface area contributed by atoms with Gasteiger partial charge < -0.3 is 14.5 Å². The predicted molar refractivity (Wildman–Crippen MR) is 127 cm³/mol. The molecule has 2 heterocycles. The molecular weight excluding hydrogens is 481 g/mol. The number of hydrogen-bond donors (Lipinski definition) is 1. The standard InChI is InChI=1S/C24H17ClFN3O4S/c1-12-9-14(13(2)28(12)15-7-8-16(23(32)33)18(25)11-15)10-17-21(30)27-24(34)29(22(17)31)20-6-4-3-5-19(20)26/h3-11H,1-2H3,(H,32,33)(H,27,30,34)/p-1/b17-10+. The van der Waals surface area contributed by atoms with Crippen LogP contribution in [-0.2, 0) is 9.59 Å². The van der Waals surface area contributed by atoms with E-state index in [-0.39, 0.29) is 27.0 Å². The normalized spacial score (nSPS) is 15.1. The van der Waals surface area contributed by atoms with Crippen molar-refractivity contribution in [2.75, 3.05) is 4.90 Å². The second-order valence-electron chi connectivity index (χ2n) is 7.52. The zero-order chi connectivity index (χ0) is 24.7. The Balaban J connectivity index is 1.77. The molecule has 10 heteroatoms. The van der Waals surface area contributed by atoms with Crippen LogP contribution in [0.1, 0.15) is 27.3 Å². The first kappa shape index (κ1) is 23.3. The Morgan fingerprint density at radius 2 is 1.85 bits per heavy atom. The van der Waals surface area contributed by atoms with Gasteiger partial charge in [0.15, 0.2) is 5.11 Å². The Morgan fingerprint density at radius 3 is 2.50 bits per heavy atom. The van der Waals surface area contributed by atoms with Gasteiger partial charge in [-0.2, -0.15) is 0 Å². The summed E-state index contributed by atoms with van der Waals surface area (Å²) in [6, 6.07) is 11.8. The summed E-state index contributed by atoms with van der Waals surface area (Å²) in [6.07, 6.45) is 1.41. The molecule has 0 atom stereocenters. The molecule has 1 aromatic heterocycles. The Morgan fingerprint density at radius 1 is 1.15 bits per heavy atom. The van der Waals surface area contributed by atoms with Gasteiger partial charge in [-0.15, -0.1) is 0 Å². The number of aromatic nitrogens is 1. The average Bonchev–Trinajstić information content (AvgIpc) is 3.04. The molecule has 0 spiro atoms. The Bertz CT molecular complexity index is 1430. The van der Waals surface area contributed by atoms with E-state index in [0.29, 0.717) is 16.9 Å². The van der Waals surface area contributed by atoms with Gasteiger partial charge in [-0.3, -0.25) is 14.9 Å². The molecule has 2 amide bonds. The number of carbonyl (C=O) groups excluding carboxylic acids is 3. The number of thiocarbonyl (C=S) groups is 1. The number of carboxylic acid groups (broad SMARTS) is 1. The van der Waals surface area contributed by atoms with Crippen LogP contribution in [0, 0.1) is 19.7 Å². The van der Waals surface area contributed by atoms with E-state index >= 15 is 0 Å². The lowest BCUT2D eigenvalue weighted by Gasteiger charge is -2.29. The van der Waals surface area contributed by atoms with E-state index in [1.165, 1.54) is 36.4 Å². The summed E-state index contributed by atoms with van der Waals surface area (Å²) in [4.78, 5) is 37.9. The Labute approximate surface area is 204 Å². The van der Waals surface area contributed by atoms with Crippen LogP contribution in [0.15, 0.2) is 54.1 Å². The largest absolute Gasteiger partial charge is 0.545 e. The number of nitrogens with zero attached hydrogens (tertiary/aromatic N) is 2. The number of anilines is 1. The van der Waals surface area contributed by atoms with Gasteiger partial charge in [-0.1, -0.05) is 23.7 Å². The highest BCUT2D eigenvalue weighted by molar-refractivity contribution is 7.80. The first-order valence-electron chi connectivity index (χ1n) is 9.96. The van der Waals surface area contributed by atoms with Crippen LogP contribution in [0.2, 0.25) is 5.02 Å². The Kier molecular flexibility index (Phi) is 6.07. The van der Waals surface area contributed by atoms with Gasteiger partial charge in [-0.25, -0.2) is 9.29 Å². The number of hydrogen-bond acceptors (Lipinski definition) is 5. The minimum absolute atomic E-state index is 0.0146. The monoisotopic (exact) mass is 496 g/mol. The summed E-state index contributed by atoms with van der Waals surface area (Å²) in [5, 5.41) is 13.4. The van der Waals surface area contributed by atoms with Crippen molar-refractivity contribution >= 4 is 58.5 Å². The summed E-state index contributed by atoms with van der Waals surface area (Å²) in [7, 11) is 0. The van der Waals surface area contributed by atoms with Crippen LogP contribution in [0.25, 0.3) is 11.8 Å². The second-order valence-corrected chi connectivity index (χ2v) is 8.32. The van der Waals surface area contributed by atoms with Gasteiger partial charge in [0.05, 0.1) is 16.7 Å². The number of amides is 2. The number of benzene rings is 2. The van der Waals surface area contributed by atoms with Crippen LogP contribution in [0.4, 0.5) is 10.1 Å². The molecule has 1 aliphatic heterocycles. The van der Waals surface area contributed by atoms with Crippen LogP contribution in [0.5, 0.6) is 0 Å². The molecule has 1 saturated heterocycles. The number of aryl methyl sites for hydroxylation is 1. The topological polar surface area (TPSA) is 94.5 Å². The first-order chi connectivity index (χ1) is 16.1. The zero-order valence-corrected chi connectivity index (χ0v) is 19.5. The van der Waals surface area contributed by atoms with Crippen molar-refractivity contribution in [2.45, 2.75) is 13.8 Å². The predicted octanol–water partition coefficient (Wildman–Crippen LogP) is 3.08. The number of rotatable bonds is 4. The lowest BCUT2D eigenvalue weighted by Crippen LogP contribution is -2.54. The molecule has 7 nitrogen and oxygen atoms in total. The van der Waals surface area contributed by atoms with Crippen molar-refractivity contribution in [3.63, 3.8) is 0 Å². The van der Waals surface area contributed by atoms with E-state index in [2.05, 4.69) is 5.32 Å². The first-order valence-corrected chi connectivity index (χ1v) is 10.7. The third kappa shape index (κ3) is 4.00. The molecule has 0 saturated carbocycles. The van der Waals surface area contributed by atoms with Crippen LogP contribution >= 0.6 is 23.8 Å². The molecule has 1 fully saturated rings. The van der Waals surface area contributed by atoms with Crippen LogP contribution < -0.4 is 15.3 Å². The molecule has 0 bridgehead atoms. The molecule has 2 aromatic carbocycles. The van der Waals surface area contributed by atoms with Crippen LogP contribution in [-0.4, -0.2) is 27.5 Å². The van der Waals surface area contributed by atoms with Crippen molar-refractivity contribution in [2.24, 2.45) is 0 Å². The van der Waals surface area contributed by atoms with E-state index in [9.17, 15) is 23.9 Å². The molecule has 172 valence electrons. The number of carboxylic acids is 1. The quantitative estimate of drug-likeness (QED) is 0.340. The van der Waals surface area contributed by atoms with Crippen molar-refractivity contribution in [3.8, 4) is 5.69 Å². The molecule has 0 radical (unpaired) electrons.